The standard InChI is InChI=1S/C41H68N2O7/c1-23-19-28(35(45)38(4,5)47)49-27-20-30(44)40(7)25-10-11-29-37(2,3)31(50-32-22-43(17-18-48-32)26-9-8-16-42-36(26)46)13-15-41(29)14-12-24(34(25)41)21-39(40,6)33(23)27/h23-35,44-45,47H,8-22H2,1-7H3,(H,42,46)/t23-,24?,25?,26-,27?,28?,29+,30+,31?,32?,33?,34?,35?,39?,40-,41?/m1/s1. The van der Waals surface area contributed by atoms with Crippen molar-refractivity contribution in [1.82, 2.24) is 10.2 Å². The molecule has 3 saturated heterocycles. The van der Waals surface area contributed by atoms with Crippen LogP contribution in [0.2, 0.25) is 0 Å². The van der Waals surface area contributed by atoms with E-state index in [0.717, 1.165) is 51.6 Å². The molecule has 8 rings (SSSR count). The van der Waals surface area contributed by atoms with Crippen molar-refractivity contribution in [2.45, 2.75) is 168 Å². The summed E-state index contributed by atoms with van der Waals surface area (Å²) in [6.07, 6.45) is 9.47. The first-order valence-corrected chi connectivity index (χ1v) is 20.5. The number of aliphatic hydroxyl groups excluding tert-OH is 2. The van der Waals surface area contributed by atoms with Crippen molar-refractivity contribution in [3.8, 4) is 0 Å². The van der Waals surface area contributed by atoms with Crippen LogP contribution in [0.25, 0.3) is 0 Å². The Morgan fingerprint density at radius 3 is 2.54 bits per heavy atom. The van der Waals surface area contributed by atoms with E-state index >= 15 is 0 Å². The van der Waals surface area contributed by atoms with Gasteiger partial charge < -0.3 is 34.8 Å². The van der Waals surface area contributed by atoms with Gasteiger partial charge in [0, 0.05) is 24.9 Å². The van der Waals surface area contributed by atoms with Crippen LogP contribution in [-0.4, -0.2) is 101 Å². The molecule has 5 aliphatic carbocycles. The lowest BCUT2D eigenvalue weighted by molar-refractivity contribution is -0.308. The molecule has 0 bridgehead atoms. The lowest BCUT2D eigenvalue weighted by atomic mass is 9.33. The number of aliphatic hydroxyl groups is 3. The maximum Gasteiger partial charge on any atom is 0.237 e. The summed E-state index contributed by atoms with van der Waals surface area (Å²) in [6, 6.07) is -0.0697. The fourth-order valence-electron chi connectivity index (χ4n) is 15.1. The molecule has 8 aliphatic rings. The summed E-state index contributed by atoms with van der Waals surface area (Å²) >= 11 is 0. The zero-order valence-corrected chi connectivity index (χ0v) is 32.0. The Bertz CT molecular complexity index is 1300. The lowest BCUT2D eigenvalue weighted by Crippen LogP contribution is -2.71. The summed E-state index contributed by atoms with van der Waals surface area (Å²) in [6.45, 7) is 18.4. The van der Waals surface area contributed by atoms with Crippen LogP contribution in [0, 0.1) is 57.2 Å². The van der Waals surface area contributed by atoms with Gasteiger partial charge in [-0.3, -0.25) is 9.69 Å². The summed E-state index contributed by atoms with van der Waals surface area (Å²) in [5.41, 5.74) is -1.19. The Labute approximate surface area is 300 Å². The van der Waals surface area contributed by atoms with Gasteiger partial charge in [0.1, 0.15) is 6.10 Å². The molecule has 9 heteroatoms. The Balaban J connectivity index is 1.02. The van der Waals surface area contributed by atoms with Gasteiger partial charge in [0.25, 0.3) is 0 Å². The lowest BCUT2D eigenvalue weighted by Gasteiger charge is -2.73. The SMILES string of the molecule is C[C@@H]1CC(C(O)C(C)(C)O)OC2C[C@H](O)[C@@]3(C)C4CC[C@H]5C(C)(C)C(OC6CN([C@@H]7CCCNC7=O)CCO6)CCC56CCC(CC3(C)C21)C46. The number of nitrogens with zero attached hydrogens (tertiary/aromatic N) is 1. The molecule has 3 aliphatic heterocycles. The third-order valence-electron chi connectivity index (χ3n) is 17.3. The Morgan fingerprint density at radius 2 is 1.80 bits per heavy atom. The molecule has 4 N–H and O–H groups in total. The van der Waals surface area contributed by atoms with Gasteiger partial charge in [-0.1, -0.05) is 34.6 Å². The summed E-state index contributed by atoms with van der Waals surface area (Å²) in [5.74, 6) is 3.16. The molecule has 0 radical (unpaired) electrons. The predicted octanol–water partition coefficient (Wildman–Crippen LogP) is 4.89. The molecule has 284 valence electrons. The minimum Gasteiger partial charge on any atom is -0.392 e. The molecule has 0 aromatic heterocycles. The fraction of sp³-hybridized carbons (Fsp3) is 0.976. The molecule has 1 amide bonds. The van der Waals surface area contributed by atoms with E-state index in [-0.39, 0.29) is 52.1 Å². The average molecular weight is 701 g/mol. The summed E-state index contributed by atoms with van der Waals surface area (Å²) in [5, 5.41) is 37.1. The van der Waals surface area contributed by atoms with Gasteiger partial charge in [0.05, 0.1) is 49.2 Å². The van der Waals surface area contributed by atoms with Crippen molar-refractivity contribution < 1.29 is 34.3 Å². The number of hydrogen-bond acceptors (Lipinski definition) is 8. The first-order valence-electron chi connectivity index (χ1n) is 20.5. The van der Waals surface area contributed by atoms with Crippen LogP contribution in [0.3, 0.4) is 0 Å². The van der Waals surface area contributed by atoms with Gasteiger partial charge >= 0.3 is 0 Å². The summed E-state index contributed by atoms with van der Waals surface area (Å²) < 4.78 is 19.9. The van der Waals surface area contributed by atoms with Crippen molar-refractivity contribution in [1.29, 1.82) is 0 Å². The van der Waals surface area contributed by atoms with Crippen molar-refractivity contribution in [3.05, 3.63) is 0 Å². The molecule has 1 spiro atoms. The minimum atomic E-state index is -1.23. The van der Waals surface area contributed by atoms with E-state index in [1.165, 1.54) is 25.7 Å². The average Bonchev–Trinajstić information content (AvgIpc) is 3.42. The highest BCUT2D eigenvalue weighted by atomic mass is 16.7. The number of piperidine rings is 1. The van der Waals surface area contributed by atoms with Gasteiger partial charge in [0.2, 0.25) is 5.91 Å². The number of carbonyl (C=O) groups excluding carboxylic acids is 1. The maximum absolute atomic E-state index is 12.7. The van der Waals surface area contributed by atoms with Gasteiger partial charge in [-0.05, 0) is 130 Å². The smallest absolute Gasteiger partial charge is 0.237 e. The Morgan fingerprint density at radius 1 is 1.04 bits per heavy atom. The van der Waals surface area contributed by atoms with Crippen LogP contribution in [0.1, 0.15) is 119 Å². The van der Waals surface area contributed by atoms with E-state index in [1.54, 1.807) is 13.8 Å². The van der Waals surface area contributed by atoms with Crippen molar-refractivity contribution in [2.24, 2.45) is 57.2 Å². The van der Waals surface area contributed by atoms with Crippen molar-refractivity contribution in [2.75, 3.05) is 26.2 Å². The molecular formula is C41H68N2O7. The van der Waals surface area contributed by atoms with Gasteiger partial charge in [-0.2, -0.15) is 0 Å². The van der Waals surface area contributed by atoms with Gasteiger partial charge in [-0.15, -0.1) is 0 Å². The molecule has 11 unspecified atom stereocenters. The highest BCUT2D eigenvalue weighted by Crippen LogP contribution is 2.78. The zero-order chi connectivity index (χ0) is 35.6. The van der Waals surface area contributed by atoms with E-state index in [0.29, 0.717) is 55.1 Å². The summed E-state index contributed by atoms with van der Waals surface area (Å²) in [4.78, 5) is 15.0. The van der Waals surface area contributed by atoms with Gasteiger partial charge in [0.15, 0.2) is 6.29 Å². The van der Waals surface area contributed by atoms with Crippen LogP contribution >= 0.6 is 0 Å². The molecular weight excluding hydrogens is 632 g/mol. The minimum absolute atomic E-state index is 0.00590. The monoisotopic (exact) mass is 701 g/mol. The second kappa shape index (κ2) is 12.4. The molecule has 0 aromatic rings. The molecule has 3 heterocycles. The third kappa shape index (κ3) is 5.20. The molecule has 5 saturated carbocycles. The quantitative estimate of drug-likeness (QED) is 0.320. The van der Waals surface area contributed by atoms with Crippen molar-refractivity contribution >= 4 is 5.91 Å². The Hall–Kier alpha value is -0.810. The first kappa shape index (κ1) is 36.2. The number of nitrogens with one attached hydrogen (secondary N) is 1. The topological polar surface area (TPSA) is 121 Å². The largest absolute Gasteiger partial charge is 0.392 e. The molecule has 0 aromatic carbocycles. The van der Waals surface area contributed by atoms with Crippen LogP contribution in [0.5, 0.6) is 0 Å². The van der Waals surface area contributed by atoms with E-state index < -0.39 is 23.9 Å². The molecule has 8 fully saturated rings. The van der Waals surface area contributed by atoms with Crippen LogP contribution in [0.4, 0.5) is 0 Å². The number of hydrogen-bond donors (Lipinski definition) is 4. The number of morpholine rings is 1. The number of carbonyl (C=O) groups is 1. The van der Waals surface area contributed by atoms with Crippen LogP contribution in [-0.2, 0) is 19.0 Å². The zero-order valence-electron chi connectivity index (χ0n) is 32.0. The third-order valence-corrected chi connectivity index (χ3v) is 17.3. The number of ether oxygens (including phenoxy) is 3. The normalized spacial score (nSPS) is 52.6. The van der Waals surface area contributed by atoms with E-state index in [1.807, 2.05) is 0 Å². The second-order valence-corrected chi connectivity index (χ2v) is 20.2. The number of amides is 1. The molecule has 9 nitrogen and oxygen atoms in total. The van der Waals surface area contributed by atoms with E-state index in [2.05, 4.69) is 44.8 Å². The van der Waals surface area contributed by atoms with Gasteiger partial charge in [-0.25, -0.2) is 0 Å². The molecule has 50 heavy (non-hydrogen) atoms. The van der Waals surface area contributed by atoms with E-state index in [4.69, 9.17) is 14.2 Å². The second-order valence-electron chi connectivity index (χ2n) is 20.2. The predicted molar refractivity (Wildman–Crippen MR) is 190 cm³/mol. The maximum atomic E-state index is 12.7. The Kier molecular flexibility index (Phi) is 8.94. The molecule has 16 atom stereocenters. The summed E-state index contributed by atoms with van der Waals surface area (Å²) in [7, 11) is 0. The van der Waals surface area contributed by atoms with Crippen molar-refractivity contribution in [3.63, 3.8) is 0 Å². The highest BCUT2D eigenvalue weighted by molar-refractivity contribution is 5.82. The van der Waals surface area contributed by atoms with E-state index in [9.17, 15) is 20.1 Å². The first-order chi connectivity index (χ1) is 23.5. The van der Waals surface area contributed by atoms with Crippen LogP contribution in [0.15, 0.2) is 0 Å². The van der Waals surface area contributed by atoms with Crippen LogP contribution < -0.4 is 5.32 Å². The highest BCUT2D eigenvalue weighted by Gasteiger charge is 2.75. The number of rotatable bonds is 5. The number of fused-ring (bicyclic) bond motifs is 4. The fourth-order valence-corrected chi connectivity index (χ4v) is 15.1.